The van der Waals surface area contributed by atoms with Gasteiger partial charge in [-0.3, -0.25) is 0 Å². The number of amides is 1. The smallest absolute Gasteiger partial charge is 0.408 e. The molecule has 1 aromatic rings. The molecule has 0 unspecified atom stereocenters. The minimum absolute atomic E-state index is 0.204. The van der Waals surface area contributed by atoms with Gasteiger partial charge in [-0.25, -0.2) is 9.59 Å². The third-order valence-electron chi connectivity index (χ3n) is 3.00. The number of ether oxygens (including phenoxy) is 2. The maximum Gasteiger partial charge on any atom is 0.408 e. The van der Waals surface area contributed by atoms with Gasteiger partial charge in [0.05, 0.1) is 24.8 Å². The number of alkyl carbamates (subject to hydrolysis) is 1. The van der Waals surface area contributed by atoms with Crippen molar-refractivity contribution in [2.45, 2.75) is 39.0 Å². The fraction of sp³-hybridized carbons (Fsp3) is 0.467. The van der Waals surface area contributed by atoms with Crippen molar-refractivity contribution in [2.75, 3.05) is 6.61 Å². The van der Waals surface area contributed by atoms with E-state index in [2.05, 4.69) is 5.32 Å². The first-order valence-electron chi connectivity index (χ1n) is 6.69. The Morgan fingerprint density at radius 2 is 2.10 bits per heavy atom. The zero-order chi connectivity index (χ0) is 15.6. The van der Waals surface area contributed by atoms with Gasteiger partial charge in [0.25, 0.3) is 0 Å². The molecule has 21 heavy (non-hydrogen) atoms. The highest BCUT2D eigenvalue weighted by Crippen LogP contribution is 2.26. The molecule has 1 amide bonds. The summed E-state index contributed by atoms with van der Waals surface area (Å²) in [5.41, 5.74) is 1.25. The Labute approximate surface area is 123 Å². The van der Waals surface area contributed by atoms with E-state index in [-0.39, 0.29) is 11.6 Å². The summed E-state index contributed by atoms with van der Waals surface area (Å²) in [4.78, 5) is 22.8. The van der Waals surface area contributed by atoms with Gasteiger partial charge >= 0.3 is 12.1 Å². The van der Waals surface area contributed by atoms with Gasteiger partial charge in [-0.2, -0.15) is 0 Å². The maximum atomic E-state index is 11.8. The minimum atomic E-state index is -0.986. The number of carbonyl (C=O) groups is 2. The molecule has 0 radical (unpaired) electrons. The first-order valence-corrected chi connectivity index (χ1v) is 6.69. The highest BCUT2D eigenvalue weighted by molar-refractivity contribution is 5.88. The normalized spacial score (nSPS) is 17.8. The molecule has 0 spiro atoms. The number of hydrogen-bond donors (Lipinski definition) is 2. The van der Waals surface area contributed by atoms with Crippen LogP contribution in [0.2, 0.25) is 0 Å². The van der Waals surface area contributed by atoms with E-state index in [1.165, 1.54) is 6.07 Å². The fourth-order valence-electron chi connectivity index (χ4n) is 2.15. The SMILES string of the molecule is CC(C)(C)OC(=O)N[C@H]1COCc2cc(C(=O)O)ccc21. The van der Waals surface area contributed by atoms with Crippen LogP contribution in [0.15, 0.2) is 18.2 Å². The summed E-state index contributed by atoms with van der Waals surface area (Å²) in [5, 5.41) is 11.7. The van der Waals surface area contributed by atoms with Crippen molar-refractivity contribution >= 4 is 12.1 Å². The van der Waals surface area contributed by atoms with Crippen molar-refractivity contribution in [1.29, 1.82) is 0 Å². The molecule has 0 aromatic heterocycles. The van der Waals surface area contributed by atoms with Crippen LogP contribution in [0.25, 0.3) is 0 Å². The molecular formula is C15H19NO5. The monoisotopic (exact) mass is 293 g/mol. The maximum absolute atomic E-state index is 11.8. The number of nitrogens with one attached hydrogen (secondary N) is 1. The van der Waals surface area contributed by atoms with E-state index in [9.17, 15) is 9.59 Å². The Morgan fingerprint density at radius 1 is 1.38 bits per heavy atom. The summed E-state index contributed by atoms with van der Waals surface area (Å²) >= 11 is 0. The second kappa shape index (κ2) is 5.73. The number of carbonyl (C=O) groups excluding carboxylic acids is 1. The summed E-state index contributed by atoms with van der Waals surface area (Å²) in [5.74, 6) is -0.986. The molecule has 114 valence electrons. The van der Waals surface area contributed by atoms with Crippen LogP contribution >= 0.6 is 0 Å². The number of hydrogen-bond acceptors (Lipinski definition) is 4. The molecule has 0 saturated heterocycles. The molecule has 2 rings (SSSR count). The number of benzene rings is 1. The van der Waals surface area contributed by atoms with Gasteiger partial charge in [0.15, 0.2) is 0 Å². The van der Waals surface area contributed by atoms with Crippen LogP contribution in [0, 0.1) is 0 Å². The standard InChI is InChI=1S/C15H19NO5/c1-15(2,3)21-14(19)16-12-8-20-7-10-6-9(13(17)18)4-5-11(10)12/h4-6,12H,7-8H2,1-3H3,(H,16,19)(H,17,18)/t12-/m0/s1. The fourth-order valence-corrected chi connectivity index (χ4v) is 2.15. The lowest BCUT2D eigenvalue weighted by molar-refractivity contribution is 0.0388. The van der Waals surface area contributed by atoms with E-state index < -0.39 is 17.7 Å². The molecule has 1 aliphatic heterocycles. The third-order valence-corrected chi connectivity index (χ3v) is 3.00. The van der Waals surface area contributed by atoms with Crippen molar-refractivity contribution in [3.63, 3.8) is 0 Å². The Bertz CT molecular complexity index is 562. The van der Waals surface area contributed by atoms with Crippen LogP contribution in [0.4, 0.5) is 4.79 Å². The zero-order valence-corrected chi connectivity index (χ0v) is 12.3. The van der Waals surface area contributed by atoms with Gasteiger partial charge in [-0.15, -0.1) is 0 Å². The van der Waals surface area contributed by atoms with E-state index in [0.717, 1.165) is 11.1 Å². The molecular weight excluding hydrogens is 274 g/mol. The van der Waals surface area contributed by atoms with Gasteiger partial charge in [0.2, 0.25) is 0 Å². The average Bonchev–Trinajstić information content (AvgIpc) is 2.36. The van der Waals surface area contributed by atoms with Crippen molar-refractivity contribution in [2.24, 2.45) is 0 Å². The summed E-state index contributed by atoms with van der Waals surface area (Å²) in [7, 11) is 0. The Morgan fingerprint density at radius 3 is 2.71 bits per heavy atom. The lowest BCUT2D eigenvalue weighted by Gasteiger charge is -2.28. The summed E-state index contributed by atoms with van der Waals surface area (Å²) in [6.07, 6.45) is -0.522. The summed E-state index contributed by atoms with van der Waals surface area (Å²) in [6.45, 7) is 6.03. The van der Waals surface area contributed by atoms with Crippen LogP contribution in [-0.4, -0.2) is 29.4 Å². The molecule has 1 aromatic carbocycles. The lowest BCUT2D eigenvalue weighted by Crippen LogP contribution is -2.38. The molecule has 0 saturated carbocycles. The van der Waals surface area contributed by atoms with Gasteiger partial charge in [0.1, 0.15) is 5.60 Å². The molecule has 0 bridgehead atoms. The van der Waals surface area contributed by atoms with Crippen molar-refractivity contribution in [3.8, 4) is 0 Å². The lowest BCUT2D eigenvalue weighted by atomic mass is 9.97. The van der Waals surface area contributed by atoms with Crippen molar-refractivity contribution in [3.05, 3.63) is 34.9 Å². The number of carboxylic acid groups (broad SMARTS) is 1. The van der Waals surface area contributed by atoms with E-state index in [4.69, 9.17) is 14.6 Å². The topological polar surface area (TPSA) is 84.9 Å². The van der Waals surface area contributed by atoms with Gasteiger partial charge in [-0.1, -0.05) is 6.07 Å². The molecule has 0 fully saturated rings. The van der Waals surface area contributed by atoms with Crippen LogP contribution in [0.1, 0.15) is 48.3 Å². The summed E-state index contributed by atoms with van der Waals surface area (Å²) in [6, 6.07) is 4.46. The second-order valence-corrected chi connectivity index (χ2v) is 5.93. The predicted octanol–water partition coefficient (Wildman–Crippen LogP) is 2.48. The Hall–Kier alpha value is -2.08. The Balaban J connectivity index is 2.15. The molecule has 1 atom stereocenters. The predicted molar refractivity (Wildman–Crippen MR) is 75.2 cm³/mol. The van der Waals surface area contributed by atoms with E-state index in [0.29, 0.717) is 13.2 Å². The molecule has 6 heteroatoms. The number of carboxylic acids is 1. The highest BCUT2D eigenvalue weighted by Gasteiger charge is 2.25. The molecule has 6 nitrogen and oxygen atoms in total. The van der Waals surface area contributed by atoms with E-state index in [1.807, 2.05) is 0 Å². The van der Waals surface area contributed by atoms with Crippen LogP contribution in [0.5, 0.6) is 0 Å². The van der Waals surface area contributed by atoms with E-state index >= 15 is 0 Å². The average molecular weight is 293 g/mol. The molecule has 2 N–H and O–H groups in total. The van der Waals surface area contributed by atoms with Crippen LogP contribution < -0.4 is 5.32 Å². The van der Waals surface area contributed by atoms with Gasteiger partial charge < -0.3 is 19.9 Å². The van der Waals surface area contributed by atoms with Crippen molar-refractivity contribution < 1.29 is 24.2 Å². The summed E-state index contributed by atoms with van der Waals surface area (Å²) < 4.78 is 10.6. The number of aromatic carboxylic acids is 1. The van der Waals surface area contributed by atoms with Crippen LogP contribution in [-0.2, 0) is 16.1 Å². The molecule has 1 aliphatic rings. The van der Waals surface area contributed by atoms with Gasteiger partial charge in [0, 0.05) is 0 Å². The molecule has 0 aliphatic carbocycles. The second-order valence-electron chi connectivity index (χ2n) is 5.93. The van der Waals surface area contributed by atoms with Crippen LogP contribution in [0.3, 0.4) is 0 Å². The van der Waals surface area contributed by atoms with Gasteiger partial charge in [-0.05, 0) is 44.0 Å². The highest BCUT2D eigenvalue weighted by atomic mass is 16.6. The minimum Gasteiger partial charge on any atom is -0.478 e. The first-order chi connectivity index (χ1) is 9.76. The Kier molecular flexibility index (Phi) is 4.18. The zero-order valence-electron chi connectivity index (χ0n) is 12.3. The van der Waals surface area contributed by atoms with Crippen molar-refractivity contribution in [1.82, 2.24) is 5.32 Å². The largest absolute Gasteiger partial charge is 0.478 e. The quantitative estimate of drug-likeness (QED) is 0.875. The first kappa shape index (κ1) is 15.3. The molecule has 1 heterocycles. The van der Waals surface area contributed by atoms with E-state index in [1.54, 1.807) is 32.9 Å². The third kappa shape index (κ3) is 3.95. The number of fused-ring (bicyclic) bond motifs is 1. The number of rotatable bonds is 2.